The van der Waals surface area contributed by atoms with Gasteiger partial charge in [0.1, 0.15) is 22.7 Å². The molecule has 0 spiro atoms. The third kappa shape index (κ3) is 4.59. The first-order valence-corrected chi connectivity index (χ1v) is 18.0. The number of ether oxygens (including phenoxy) is 1. The van der Waals surface area contributed by atoms with Gasteiger partial charge in [-0.05, 0) is 132 Å². The van der Waals surface area contributed by atoms with Crippen molar-refractivity contribution in [3.05, 3.63) is 170 Å². The molecule has 0 fully saturated rings. The van der Waals surface area contributed by atoms with Crippen LogP contribution >= 0.6 is 11.8 Å². The number of rotatable bonds is 3. The lowest BCUT2D eigenvalue weighted by atomic mass is 9.90. The number of hydrogen-bond donors (Lipinski definition) is 0. The molecule has 2 heterocycles. The summed E-state index contributed by atoms with van der Waals surface area (Å²) < 4.78 is 12.5. The van der Waals surface area contributed by atoms with Gasteiger partial charge in [0.2, 0.25) is 0 Å². The first kappa shape index (κ1) is 28.5. The maximum atomic E-state index is 6.30. The summed E-state index contributed by atoms with van der Waals surface area (Å²) in [7, 11) is 0. The van der Waals surface area contributed by atoms with Crippen LogP contribution in [0.3, 0.4) is 0 Å². The Morgan fingerprint density at radius 1 is 0.294 bits per heavy atom. The molecule has 10 aromatic rings. The molecule has 0 N–H and O–H groups in total. The summed E-state index contributed by atoms with van der Waals surface area (Å²) in [4.78, 5) is 2.25. The molecule has 0 saturated carbocycles. The van der Waals surface area contributed by atoms with Crippen molar-refractivity contribution in [2.75, 3.05) is 0 Å². The van der Waals surface area contributed by atoms with E-state index in [1.165, 1.54) is 43.4 Å². The molecule has 238 valence electrons. The van der Waals surface area contributed by atoms with Crippen LogP contribution in [0.4, 0.5) is 0 Å². The summed E-state index contributed by atoms with van der Waals surface area (Å²) >= 11 is 1.76. The molecule has 0 radical (unpaired) electrons. The maximum absolute atomic E-state index is 6.30. The highest BCUT2D eigenvalue weighted by Crippen LogP contribution is 2.48. The zero-order valence-electron chi connectivity index (χ0n) is 27.4. The molecule has 2 nitrogen and oxygen atoms in total. The second-order valence-corrected chi connectivity index (χ2v) is 14.4. The van der Waals surface area contributed by atoms with Crippen molar-refractivity contribution < 1.29 is 9.15 Å². The van der Waals surface area contributed by atoms with E-state index in [1.54, 1.807) is 11.8 Å². The Morgan fingerprint density at radius 3 is 1.51 bits per heavy atom. The van der Waals surface area contributed by atoms with Gasteiger partial charge in [-0.1, -0.05) is 115 Å². The highest BCUT2D eigenvalue weighted by atomic mass is 32.2. The lowest BCUT2D eigenvalue weighted by Gasteiger charge is -2.20. The summed E-state index contributed by atoms with van der Waals surface area (Å²) in [6.45, 7) is 0. The van der Waals surface area contributed by atoms with Crippen molar-refractivity contribution in [1.82, 2.24) is 0 Å². The highest BCUT2D eigenvalue weighted by molar-refractivity contribution is 7.99. The molecule has 0 atom stereocenters. The van der Waals surface area contributed by atoms with Crippen molar-refractivity contribution >= 4 is 66.0 Å². The van der Waals surface area contributed by atoms with Gasteiger partial charge < -0.3 is 9.15 Å². The third-order valence-corrected chi connectivity index (χ3v) is 11.4. The Balaban J connectivity index is 1.12. The Labute approximate surface area is 298 Å². The van der Waals surface area contributed by atoms with Crippen LogP contribution in [0, 0.1) is 0 Å². The molecule has 11 rings (SSSR count). The zero-order valence-corrected chi connectivity index (χ0v) is 28.2. The van der Waals surface area contributed by atoms with Crippen LogP contribution in [0.2, 0.25) is 0 Å². The largest absolute Gasteiger partial charge is 0.456 e. The van der Waals surface area contributed by atoms with E-state index in [0.29, 0.717) is 0 Å². The molecule has 0 aliphatic carbocycles. The van der Waals surface area contributed by atoms with Gasteiger partial charge in [-0.2, -0.15) is 0 Å². The number of hydrogen-bond acceptors (Lipinski definition) is 3. The van der Waals surface area contributed by atoms with Gasteiger partial charge in [0.25, 0.3) is 0 Å². The Kier molecular flexibility index (Phi) is 6.22. The molecule has 1 aliphatic heterocycles. The summed E-state index contributed by atoms with van der Waals surface area (Å²) in [5.41, 5.74) is 8.78. The first-order chi connectivity index (χ1) is 25.2. The standard InChI is InChI=1S/C48H28O2S/c1-2-11-37-35(9-1)36-10-3-4-12-38(36)41-26-29(17-20-39(37)41)32-23-33(30-18-21-44-42(27-30)40-13-5-6-14-43(40)49-44)25-34(24-32)31-19-22-46-48(28-31)51-47-16-8-7-15-45(47)50-46/h1-28H. The zero-order chi connectivity index (χ0) is 33.5. The molecule has 3 heteroatoms. The van der Waals surface area contributed by atoms with E-state index < -0.39 is 0 Å². The second-order valence-electron chi connectivity index (χ2n) is 13.3. The Morgan fingerprint density at radius 2 is 0.784 bits per heavy atom. The minimum Gasteiger partial charge on any atom is -0.456 e. The van der Waals surface area contributed by atoms with E-state index in [0.717, 1.165) is 65.5 Å². The fourth-order valence-electron chi connectivity index (χ4n) is 7.83. The summed E-state index contributed by atoms with van der Waals surface area (Å²) in [5.74, 6) is 1.80. The van der Waals surface area contributed by atoms with E-state index in [2.05, 4.69) is 146 Å². The van der Waals surface area contributed by atoms with Crippen molar-refractivity contribution in [3.63, 3.8) is 0 Å². The van der Waals surface area contributed by atoms with Gasteiger partial charge in [-0.25, -0.2) is 0 Å². The smallest absolute Gasteiger partial charge is 0.141 e. The van der Waals surface area contributed by atoms with Gasteiger partial charge in [0, 0.05) is 10.8 Å². The molecule has 0 bridgehead atoms. The average molecular weight is 669 g/mol. The Bertz CT molecular complexity index is 3010. The molecule has 0 unspecified atom stereocenters. The molecular weight excluding hydrogens is 641 g/mol. The number of benzene rings is 9. The topological polar surface area (TPSA) is 22.4 Å². The van der Waals surface area contributed by atoms with Crippen molar-refractivity contribution in [3.8, 4) is 44.9 Å². The molecule has 1 aliphatic rings. The predicted molar refractivity (Wildman–Crippen MR) is 213 cm³/mol. The second kappa shape index (κ2) is 11.1. The number of para-hydroxylation sites is 2. The normalized spacial score (nSPS) is 12.4. The quantitative estimate of drug-likeness (QED) is 0.175. The van der Waals surface area contributed by atoms with E-state index >= 15 is 0 Å². The fraction of sp³-hybridized carbons (Fsp3) is 0. The van der Waals surface area contributed by atoms with Crippen LogP contribution in [0.5, 0.6) is 11.5 Å². The van der Waals surface area contributed by atoms with Crippen LogP contribution in [0.1, 0.15) is 0 Å². The van der Waals surface area contributed by atoms with Crippen LogP contribution in [-0.4, -0.2) is 0 Å². The monoisotopic (exact) mass is 668 g/mol. The van der Waals surface area contributed by atoms with E-state index in [1.807, 2.05) is 24.3 Å². The first-order valence-electron chi connectivity index (χ1n) is 17.2. The maximum Gasteiger partial charge on any atom is 0.141 e. The summed E-state index contributed by atoms with van der Waals surface area (Å²) in [6.07, 6.45) is 0. The number of fused-ring (bicyclic) bond motifs is 11. The van der Waals surface area contributed by atoms with Crippen molar-refractivity contribution in [2.24, 2.45) is 0 Å². The van der Waals surface area contributed by atoms with Crippen LogP contribution in [0.25, 0.3) is 87.6 Å². The molecule has 51 heavy (non-hydrogen) atoms. The van der Waals surface area contributed by atoms with E-state index in [9.17, 15) is 0 Å². The summed E-state index contributed by atoms with van der Waals surface area (Å²) in [5, 5.41) is 9.91. The average Bonchev–Trinajstić information content (AvgIpc) is 3.57. The lowest BCUT2D eigenvalue weighted by molar-refractivity contribution is 0.454. The van der Waals surface area contributed by atoms with Gasteiger partial charge in [0.05, 0.1) is 9.79 Å². The molecule has 0 saturated heterocycles. The van der Waals surface area contributed by atoms with Crippen molar-refractivity contribution in [1.29, 1.82) is 0 Å². The van der Waals surface area contributed by atoms with Crippen LogP contribution in [0.15, 0.2) is 184 Å². The van der Waals surface area contributed by atoms with Crippen LogP contribution in [-0.2, 0) is 0 Å². The van der Waals surface area contributed by atoms with Gasteiger partial charge in [-0.3, -0.25) is 0 Å². The minimum atomic E-state index is 0.893. The van der Waals surface area contributed by atoms with Crippen LogP contribution < -0.4 is 4.74 Å². The van der Waals surface area contributed by atoms with Gasteiger partial charge in [-0.15, -0.1) is 0 Å². The molecule has 1 aromatic heterocycles. The third-order valence-electron chi connectivity index (χ3n) is 10.3. The highest BCUT2D eigenvalue weighted by Gasteiger charge is 2.19. The molecular formula is C48H28O2S. The van der Waals surface area contributed by atoms with Gasteiger partial charge >= 0.3 is 0 Å². The Hall–Kier alpha value is -6.29. The van der Waals surface area contributed by atoms with Gasteiger partial charge in [0.15, 0.2) is 0 Å². The molecule has 9 aromatic carbocycles. The van der Waals surface area contributed by atoms with Crippen molar-refractivity contribution in [2.45, 2.75) is 9.79 Å². The van der Waals surface area contributed by atoms with E-state index in [-0.39, 0.29) is 0 Å². The lowest BCUT2D eigenvalue weighted by Crippen LogP contribution is -1.95. The minimum absolute atomic E-state index is 0.893. The SMILES string of the molecule is c1ccc2c(c1)Oc1ccc(-c3cc(-c4ccc5oc6ccccc6c5c4)cc(-c4ccc5c6ccccc6c6ccccc6c5c4)c3)cc1S2. The fourth-order valence-corrected chi connectivity index (χ4v) is 8.82. The molecule has 0 amide bonds. The summed E-state index contributed by atoms with van der Waals surface area (Å²) in [6, 6.07) is 61.2. The number of furan rings is 1. The predicted octanol–water partition coefficient (Wildman–Crippen LogP) is 14.3. The van der Waals surface area contributed by atoms with E-state index in [4.69, 9.17) is 9.15 Å².